The van der Waals surface area contributed by atoms with Crippen LogP contribution in [-0.2, 0) is 16.6 Å². The molecule has 2 aromatic rings. The van der Waals surface area contributed by atoms with Gasteiger partial charge in [0.25, 0.3) is 11.8 Å². The molecule has 1 aliphatic heterocycles. The van der Waals surface area contributed by atoms with Gasteiger partial charge in [0.15, 0.2) is 5.11 Å². The van der Waals surface area contributed by atoms with Gasteiger partial charge in [0, 0.05) is 18.4 Å². The van der Waals surface area contributed by atoms with Gasteiger partial charge in [-0.1, -0.05) is 18.2 Å². The van der Waals surface area contributed by atoms with E-state index in [9.17, 15) is 9.59 Å². The Morgan fingerprint density at radius 1 is 1.08 bits per heavy atom. The quantitative estimate of drug-likeness (QED) is 0.519. The number of rotatable bonds is 2. The lowest BCUT2D eigenvalue weighted by atomic mass is 10.1. The first-order valence-electron chi connectivity index (χ1n) is 7.49. The number of aromatic nitrogens is 1. The van der Waals surface area contributed by atoms with Crippen molar-refractivity contribution >= 4 is 40.9 Å². The summed E-state index contributed by atoms with van der Waals surface area (Å²) >= 11 is 5.21. The summed E-state index contributed by atoms with van der Waals surface area (Å²) in [4.78, 5) is 26.6. The van der Waals surface area contributed by atoms with E-state index >= 15 is 0 Å². The molecule has 0 atom stereocenters. The standard InChI is InChI=1S/C18H17N3O2S/c1-11-6-4-5-7-15(11)21-17(23)14(16(22)19-18(21)24)10-13-9-8-12(2)20(13)3/h4-10H,1-3H3,(H,19,22,24)/b14-10+. The molecule has 2 heterocycles. The van der Waals surface area contributed by atoms with Crippen LogP contribution in [-0.4, -0.2) is 21.5 Å². The second-order valence-electron chi connectivity index (χ2n) is 5.70. The minimum atomic E-state index is -0.478. The summed E-state index contributed by atoms with van der Waals surface area (Å²) in [7, 11) is 1.89. The summed E-state index contributed by atoms with van der Waals surface area (Å²) in [5.74, 6) is -0.898. The molecule has 5 nitrogen and oxygen atoms in total. The van der Waals surface area contributed by atoms with E-state index in [1.54, 1.807) is 12.1 Å². The first kappa shape index (κ1) is 16.1. The van der Waals surface area contributed by atoms with Crippen molar-refractivity contribution in [3.05, 3.63) is 58.9 Å². The lowest BCUT2D eigenvalue weighted by Crippen LogP contribution is -2.54. The van der Waals surface area contributed by atoms with E-state index < -0.39 is 11.8 Å². The van der Waals surface area contributed by atoms with Gasteiger partial charge in [-0.05, 0) is 55.9 Å². The number of anilines is 1. The Hall–Kier alpha value is -2.73. The zero-order valence-corrected chi connectivity index (χ0v) is 14.5. The molecular formula is C18H17N3O2S. The van der Waals surface area contributed by atoms with Gasteiger partial charge in [-0.15, -0.1) is 0 Å². The van der Waals surface area contributed by atoms with Gasteiger partial charge in [0.2, 0.25) is 0 Å². The van der Waals surface area contributed by atoms with Crippen LogP contribution >= 0.6 is 12.2 Å². The van der Waals surface area contributed by atoms with E-state index in [0.717, 1.165) is 17.0 Å². The molecule has 122 valence electrons. The summed E-state index contributed by atoms with van der Waals surface area (Å²) in [5, 5.41) is 2.70. The molecule has 0 radical (unpaired) electrons. The fourth-order valence-electron chi connectivity index (χ4n) is 2.62. The van der Waals surface area contributed by atoms with E-state index in [2.05, 4.69) is 5.32 Å². The van der Waals surface area contributed by atoms with E-state index in [4.69, 9.17) is 12.2 Å². The van der Waals surface area contributed by atoms with Gasteiger partial charge in [0.05, 0.1) is 5.69 Å². The van der Waals surface area contributed by atoms with Gasteiger partial charge in [-0.2, -0.15) is 0 Å². The van der Waals surface area contributed by atoms with Gasteiger partial charge >= 0.3 is 0 Å². The average molecular weight is 339 g/mol. The molecule has 1 aliphatic rings. The van der Waals surface area contributed by atoms with E-state index in [-0.39, 0.29) is 10.7 Å². The summed E-state index contributed by atoms with van der Waals surface area (Å²) in [6.07, 6.45) is 1.59. The Labute approximate surface area is 145 Å². The first-order valence-corrected chi connectivity index (χ1v) is 7.90. The Morgan fingerprint density at radius 2 is 1.79 bits per heavy atom. The van der Waals surface area contributed by atoms with E-state index in [0.29, 0.717) is 5.69 Å². The predicted octanol–water partition coefficient (Wildman–Crippen LogP) is 2.47. The third kappa shape index (κ3) is 2.65. The lowest BCUT2D eigenvalue weighted by Gasteiger charge is -2.30. The zero-order valence-electron chi connectivity index (χ0n) is 13.7. The minimum Gasteiger partial charge on any atom is -0.348 e. The molecule has 1 aromatic carbocycles. The number of carbonyl (C=O) groups excluding carboxylic acids is 2. The molecule has 0 unspecified atom stereocenters. The fourth-order valence-corrected chi connectivity index (χ4v) is 2.89. The van der Waals surface area contributed by atoms with Crippen LogP contribution in [0.1, 0.15) is 17.0 Å². The molecule has 0 aliphatic carbocycles. The van der Waals surface area contributed by atoms with Crippen LogP contribution in [0.4, 0.5) is 5.69 Å². The van der Waals surface area contributed by atoms with Gasteiger partial charge in [0.1, 0.15) is 5.57 Å². The number of thiocarbonyl (C=S) groups is 1. The highest BCUT2D eigenvalue weighted by molar-refractivity contribution is 7.80. The lowest BCUT2D eigenvalue weighted by molar-refractivity contribution is -0.122. The minimum absolute atomic E-state index is 0.0630. The Balaban J connectivity index is 2.07. The second-order valence-corrected chi connectivity index (χ2v) is 6.09. The molecule has 0 spiro atoms. The molecule has 24 heavy (non-hydrogen) atoms. The molecular weight excluding hydrogens is 322 g/mol. The number of hydrogen-bond donors (Lipinski definition) is 1. The van der Waals surface area contributed by atoms with E-state index in [1.165, 1.54) is 4.90 Å². The third-order valence-electron chi connectivity index (χ3n) is 4.16. The number of aryl methyl sites for hydroxylation is 2. The van der Waals surface area contributed by atoms with Crippen LogP contribution in [0.3, 0.4) is 0 Å². The predicted molar refractivity (Wildman–Crippen MR) is 97.5 cm³/mol. The molecule has 1 aromatic heterocycles. The largest absolute Gasteiger partial charge is 0.348 e. The molecule has 2 amide bonds. The van der Waals surface area contributed by atoms with Crippen LogP contribution in [0.25, 0.3) is 6.08 Å². The fraction of sp³-hybridized carbons (Fsp3) is 0.167. The summed E-state index contributed by atoms with van der Waals surface area (Å²) in [5.41, 5.74) is 3.45. The molecule has 1 saturated heterocycles. The van der Waals surface area contributed by atoms with Crippen molar-refractivity contribution in [2.75, 3.05) is 4.90 Å². The molecule has 3 rings (SSSR count). The molecule has 0 bridgehead atoms. The number of benzene rings is 1. The van der Waals surface area contributed by atoms with Crippen molar-refractivity contribution in [2.24, 2.45) is 7.05 Å². The van der Waals surface area contributed by atoms with Crippen molar-refractivity contribution in [3.8, 4) is 0 Å². The second kappa shape index (κ2) is 6.05. The number of para-hydroxylation sites is 1. The molecule has 0 saturated carbocycles. The number of nitrogens with one attached hydrogen (secondary N) is 1. The molecule has 1 fully saturated rings. The van der Waals surface area contributed by atoms with Crippen LogP contribution in [0, 0.1) is 13.8 Å². The Kier molecular flexibility index (Phi) is 4.07. The average Bonchev–Trinajstić information content (AvgIpc) is 2.85. The van der Waals surface area contributed by atoms with Gasteiger partial charge < -0.3 is 4.57 Å². The SMILES string of the molecule is Cc1ccccc1N1C(=O)/C(=C/c2ccc(C)n2C)C(=O)NC1=S. The van der Waals surface area contributed by atoms with Gasteiger partial charge in [-0.3, -0.25) is 19.8 Å². The summed E-state index contributed by atoms with van der Waals surface area (Å²) in [6, 6.07) is 11.2. The maximum absolute atomic E-state index is 12.9. The molecule has 1 N–H and O–H groups in total. The summed E-state index contributed by atoms with van der Waals surface area (Å²) < 4.78 is 1.92. The Morgan fingerprint density at radius 3 is 2.42 bits per heavy atom. The maximum Gasteiger partial charge on any atom is 0.270 e. The number of hydrogen-bond acceptors (Lipinski definition) is 3. The van der Waals surface area contributed by atoms with Crippen LogP contribution in [0.5, 0.6) is 0 Å². The van der Waals surface area contributed by atoms with Crippen molar-refractivity contribution in [2.45, 2.75) is 13.8 Å². The third-order valence-corrected chi connectivity index (χ3v) is 4.45. The summed E-state index contributed by atoms with van der Waals surface area (Å²) in [6.45, 7) is 3.85. The van der Waals surface area contributed by atoms with Crippen molar-refractivity contribution in [3.63, 3.8) is 0 Å². The van der Waals surface area contributed by atoms with Crippen molar-refractivity contribution in [1.82, 2.24) is 9.88 Å². The maximum atomic E-state index is 12.9. The normalized spacial score (nSPS) is 16.7. The highest BCUT2D eigenvalue weighted by atomic mass is 32.1. The molecule has 6 heteroatoms. The number of nitrogens with zero attached hydrogens (tertiary/aromatic N) is 2. The smallest absolute Gasteiger partial charge is 0.270 e. The number of carbonyl (C=O) groups is 2. The van der Waals surface area contributed by atoms with E-state index in [1.807, 2.05) is 55.8 Å². The van der Waals surface area contributed by atoms with Crippen molar-refractivity contribution in [1.29, 1.82) is 0 Å². The van der Waals surface area contributed by atoms with Crippen molar-refractivity contribution < 1.29 is 9.59 Å². The highest BCUT2D eigenvalue weighted by Crippen LogP contribution is 2.25. The van der Waals surface area contributed by atoms with Crippen LogP contribution in [0.2, 0.25) is 0 Å². The highest BCUT2D eigenvalue weighted by Gasteiger charge is 2.35. The topological polar surface area (TPSA) is 54.3 Å². The first-order chi connectivity index (χ1) is 11.4. The van der Waals surface area contributed by atoms with Crippen LogP contribution < -0.4 is 10.2 Å². The monoisotopic (exact) mass is 339 g/mol. The number of amides is 2. The van der Waals surface area contributed by atoms with Gasteiger partial charge in [-0.25, -0.2) is 0 Å². The Bertz CT molecular complexity index is 895. The zero-order chi connectivity index (χ0) is 17.4. The van der Waals surface area contributed by atoms with Crippen LogP contribution in [0.15, 0.2) is 42.0 Å².